The van der Waals surface area contributed by atoms with E-state index in [0.29, 0.717) is 10.8 Å². The Bertz CT molecular complexity index is 907. The van der Waals surface area contributed by atoms with Gasteiger partial charge in [-0.3, -0.25) is 4.79 Å². The second-order valence-corrected chi connectivity index (χ2v) is 7.18. The third-order valence-electron chi connectivity index (χ3n) is 3.56. The maximum Gasteiger partial charge on any atom is 0.222 e. The molecular weight excluding hydrogens is 354 g/mol. The number of hydrogen-bond donors (Lipinski definition) is 1. The quantitative estimate of drug-likeness (QED) is 0.650. The molecule has 4 nitrogen and oxygen atoms in total. The molecule has 0 saturated carbocycles. The smallest absolute Gasteiger partial charge is 0.222 e. The zero-order valence-electron chi connectivity index (χ0n) is 14.0. The number of rotatable bonds is 5. The van der Waals surface area contributed by atoms with E-state index < -0.39 is 0 Å². The summed E-state index contributed by atoms with van der Waals surface area (Å²) in [6.45, 7) is 3.61. The van der Waals surface area contributed by atoms with Crippen molar-refractivity contribution >= 4 is 34.7 Å². The maximum atomic E-state index is 11.3. The molecule has 3 rings (SSSR count). The predicted octanol–water partition coefficient (Wildman–Crippen LogP) is 5.44. The molecular formula is C19H18ClN3OS. The molecule has 25 heavy (non-hydrogen) atoms. The fraction of sp³-hybridized carbons (Fsp3) is 0.211. The lowest BCUT2D eigenvalue weighted by Crippen LogP contribution is -2.07. The number of hydrogen-bond acceptors (Lipinski definition) is 4. The van der Waals surface area contributed by atoms with Gasteiger partial charge in [0.1, 0.15) is 5.82 Å². The lowest BCUT2D eigenvalue weighted by Gasteiger charge is -2.06. The van der Waals surface area contributed by atoms with Gasteiger partial charge in [0.2, 0.25) is 5.91 Å². The minimum absolute atomic E-state index is 0.143. The van der Waals surface area contributed by atoms with Crippen molar-refractivity contribution in [2.24, 2.45) is 0 Å². The van der Waals surface area contributed by atoms with E-state index in [0.717, 1.165) is 39.5 Å². The Morgan fingerprint density at radius 1 is 1.24 bits per heavy atom. The first-order valence-corrected chi connectivity index (χ1v) is 9.26. The molecule has 2 heterocycles. The molecule has 0 spiro atoms. The van der Waals surface area contributed by atoms with Crippen LogP contribution in [0, 0.1) is 0 Å². The highest BCUT2D eigenvalue weighted by Gasteiger charge is 2.16. The van der Waals surface area contributed by atoms with Crippen molar-refractivity contribution in [3.8, 4) is 21.7 Å². The second-order valence-electron chi connectivity index (χ2n) is 5.66. The van der Waals surface area contributed by atoms with Crippen molar-refractivity contribution in [3.63, 3.8) is 0 Å². The van der Waals surface area contributed by atoms with Gasteiger partial charge >= 0.3 is 0 Å². The Morgan fingerprint density at radius 3 is 2.80 bits per heavy atom. The molecule has 2 aromatic heterocycles. The maximum absolute atomic E-state index is 11.3. The second kappa shape index (κ2) is 7.76. The number of benzene rings is 1. The van der Waals surface area contributed by atoms with Crippen molar-refractivity contribution in [1.29, 1.82) is 0 Å². The Labute approximate surface area is 155 Å². The summed E-state index contributed by atoms with van der Waals surface area (Å²) in [5.74, 6) is 0.392. The first kappa shape index (κ1) is 17.6. The third kappa shape index (κ3) is 4.24. The van der Waals surface area contributed by atoms with Crippen LogP contribution in [0.15, 0.2) is 42.6 Å². The molecule has 0 fully saturated rings. The van der Waals surface area contributed by atoms with Gasteiger partial charge in [0.25, 0.3) is 0 Å². The van der Waals surface area contributed by atoms with Crippen LogP contribution in [0.1, 0.15) is 25.3 Å². The number of pyridine rings is 1. The molecule has 128 valence electrons. The lowest BCUT2D eigenvalue weighted by molar-refractivity contribution is -0.114. The van der Waals surface area contributed by atoms with Crippen molar-refractivity contribution in [2.75, 3.05) is 5.32 Å². The fourth-order valence-corrected chi connectivity index (χ4v) is 3.91. The first-order valence-electron chi connectivity index (χ1n) is 8.06. The third-order valence-corrected chi connectivity index (χ3v) is 4.96. The molecule has 1 N–H and O–H groups in total. The summed E-state index contributed by atoms with van der Waals surface area (Å²) in [5.41, 5.74) is 2.88. The highest BCUT2D eigenvalue weighted by molar-refractivity contribution is 7.15. The number of aromatic nitrogens is 2. The normalized spacial score (nSPS) is 10.7. The Kier molecular flexibility index (Phi) is 5.46. The summed E-state index contributed by atoms with van der Waals surface area (Å²) in [7, 11) is 0. The fourth-order valence-electron chi connectivity index (χ4n) is 2.53. The van der Waals surface area contributed by atoms with Gasteiger partial charge in [0, 0.05) is 23.7 Å². The van der Waals surface area contributed by atoms with E-state index >= 15 is 0 Å². The van der Waals surface area contributed by atoms with Crippen molar-refractivity contribution in [3.05, 3.63) is 52.6 Å². The van der Waals surface area contributed by atoms with Gasteiger partial charge in [-0.1, -0.05) is 30.7 Å². The molecule has 0 aliphatic heterocycles. The van der Waals surface area contributed by atoms with Gasteiger partial charge in [0.05, 0.1) is 15.6 Å². The lowest BCUT2D eigenvalue weighted by atomic mass is 10.1. The van der Waals surface area contributed by atoms with E-state index in [1.807, 2.05) is 36.4 Å². The zero-order chi connectivity index (χ0) is 17.8. The van der Waals surface area contributed by atoms with Gasteiger partial charge in [-0.25, -0.2) is 9.97 Å². The van der Waals surface area contributed by atoms with Crippen molar-refractivity contribution < 1.29 is 4.79 Å². The van der Waals surface area contributed by atoms with Crippen LogP contribution in [-0.4, -0.2) is 15.9 Å². The van der Waals surface area contributed by atoms with E-state index in [9.17, 15) is 4.79 Å². The summed E-state index contributed by atoms with van der Waals surface area (Å²) in [6.07, 6.45) is 3.67. The van der Waals surface area contributed by atoms with Gasteiger partial charge in [0.15, 0.2) is 0 Å². The minimum Gasteiger partial charge on any atom is -0.311 e. The van der Waals surface area contributed by atoms with Crippen LogP contribution in [0.2, 0.25) is 5.02 Å². The molecule has 0 unspecified atom stereocenters. The molecule has 3 aromatic rings. The number of anilines is 1. The number of halogens is 1. The zero-order valence-corrected chi connectivity index (χ0v) is 15.6. The van der Waals surface area contributed by atoms with Gasteiger partial charge < -0.3 is 5.32 Å². The van der Waals surface area contributed by atoms with Crippen LogP contribution in [-0.2, 0) is 11.2 Å². The Morgan fingerprint density at radius 2 is 2.08 bits per heavy atom. The van der Waals surface area contributed by atoms with Gasteiger partial charge in [-0.15, -0.1) is 11.3 Å². The number of nitrogens with one attached hydrogen (secondary N) is 1. The van der Waals surface area contributed by atoms with Gasteiger partial charge in [-0.05, 0) is 42.7 Å². The first-order chi connectivity index (χ1) is 12.1. The Balaban J connectivity index is 2.10. The molecule has 0 bridgehead atoms. The van der Waals surface area contributed by atoms with E-state index in [1.165, 1.54) is 6.92 Å². The van der Waals surface area contributed by atoms with Crippen LogP contribution in [0.4, 0.5) is 5.82 Å². The average Bonchev–Trinajstić information content (AvgIpc) is 2.99. The van der Waals surface area contributed by atoms with E-state index in [4.69, 9.17) is 16.6 Å². The van der Waals surface area contributed by atoms with Crippen molar-refractivity contribution in [1.82, 2.24) is 9.97 Å². The molecule has 0 saturated heterocycles. The summed E-state index contributed by atoms with van der Waals surface area (Å²) in [4.78, 5) is 21.4. The monoisotopic (exact) mass is 371 g/mol. The standard InChI is InChI=1S/C19H18ClN3OS/c1-3-5-17-23-18(13-6-4-7-15(20)10-13)19(25-17)14-8-9-21-16(11-14)22-12(2)24/h4,6-11H,3,5H2,1-2H3,(H,21,22,24). The average molecular weight is 372 g/mol. The number of nitrogens with zero attached hydrogens (tertiary/aromatic N) is 2. The van der Waals surface area contributed by atoms with E-state index in [2.05, 4.69) is 17.2 Å². The highest BCUT2D eigenvalue weighted by Crippen LogP contribution is 2.38. The topological polar surface area (TPSA) is 54.9 Å². The molecule has 0 radical (unpaired) electrons. The number of carbonyl (C=O) groups excluding carboxylic acids is 1. The van der Waals surface area contributed by atoms with Gasteiger partial charge in [-0.2, -0.15) is 0 Å². The van der Waals surface area contributed by atoms with Crippen LogP contribution >= 0.6 is 22.9 Å². The largest absolute Gasteiger partial charge is 0.311 e. The molecule has 0 aliphatic rings. The molecule has 0 atom stereocenters. The molecule has 0 aliphatic carbocycles. The van der Waals surface area contributed by atoms with Crippen LogP contribution < -0.4 is 5.32 Å². The van der Waals surface area contributed by atoms with Crippen LogP contribution in [0.25, 0.3) is 21.7 Å². The molecule has 1 aromatic carbocycles. The van der Waals surface area contributed by atoms with Crippen LogP contribution in [0.5, 0.6) is 0 Å². The molecule has 6 heteroatoms. The number of thiazole rings is 1. The number of amides is 1. The number of aryl methyl sites for hydroxylation is 1. The van der Waals surface area contributed by atoms with Crippen molar-refractivity contribution in [2.45, 2.75) is 26.7 Å². The summed E-state index contributed by atoms with van der Waals surface area (Å²) in [5, 5.41) is 4.50. The van der Waals surface area contributed by atoms with E-state index in [1.54, 1.807) is 17.5 Å². The van der Waals surface area contributed by atoms with E-state index in [-0.39, 0.29) is 5.91 Å². The minimum atomic E-state index is -0.143. The van der Waals surface area contributed by atoms with Crippen LogP contribution in [0.3, 0.4) is 0 Å². The number of carbonyl (C=O) groups is 1. The SMILES string of the molecule is CCCc1nc(-c2cccc(Cl)c2)c(-c2ccnc(NC(C)=O)c2)s1. The predicted molar refractivity (Wildman–Crippen MR) is 104 cm³/mol. The summed E-state index contributed by atoms with van der Waals surface area (Å²) >= 11 is 7.83. The highest BCUT2D eigenvalue weighted by atomic mass is 35.5. The molecule has 1 amide bonds. The summed E-state index contributed by atoms with van der Waals surface area (Å²) in [6, 6.07) is 11.5. The Hall–Kier alpha value is -2.24. The summed E-state index contributed by atoms with van der Waals surface area (Å²) < 4.78 is 0.